The van der Waals surface area contributed by atoms with Gasteiger partial charge in [-0.25, -0.2) is 14.8 Å². The van der Waals surface area contributed by atoms with Gasteiger partial charge in [-0.1, -0.05) is 6.08 Å². The summed E-state index contributed by atoms with van der Waals surface area (Å²) >= 11 is 0. The van der Waals surface area contributed by atoms with E-state index in [4.69, 9.17) is 10.5 Å². The van der Waals surface area contributed by atoms with Gasteiger partial charge in [-0.05, 0) is 26.8 Å². The first kappa shape index (κ1) is 13.3. The molecule has 19 heavy (non-hydrogen) atoms. The summed E-state index contributed by atoms with van der Waals surface area (Å²) in [5.74, 6) is 0.979. The van der Waals surface area contributed by atoms with Crippen molar-refractivity contribution in [2.75, 3.05) is 18.8 Å². The number of carbonyl (C=O) groups excluding carboxylic acids is 1. The number of ether oxygens (including phenoxy) is 1. The number of hydrogen-bond donors (Lipinski definition) is 1. The van der Waals surface area contributed by atoms with E-state index in [0.29, 0.717) is 24.7 Å². The minimum absolute atomic E-state index is 0.331. The average molecular weight is 262 g/mol. The molecular weight excluding hydrogens is 244 g/mol. The Hall–Kier alpha value is -2.11. The van der Waals surface area contributed by atoms with E-state index in [9.17, 15) is 4.79 Å². The molecule has 0 saturated heterocycles. The number of carbonyl (C=O) groups is 1. The maximum Gasteiger partial charge on any atom is 0.410 e. The molecule has 1 aromatic heterocycles. The summed E-state index contributed by atoms with van der Waals surface area (Å²) in [4.78, 5) is 21.8. The number of aromatic nitrogens is 2. The molecule has 1 aromatic rings. The minimum Gasteiger partial charge on any atom is -0.444 e. The largest absolute Gasteiger partial charge is 0.444 e. The Morgan fingerprint density at radius 2 is 2.21 bits per heavy atom. The van der Waals surface area contributed by atoms with Crippen LogP contribution in [0.2, 0.25) is 0 Å². The molecule has 6 nitrogen and oxygen atoms in total. The number of hydrogen-bond acceptors (Lipinski definition) is 5. The SMILES string of the molecule is CC(C)(C)OC(=O)N1CC=C(c2nccc(N)n2)C1. The molecule has 0 bridgehead atoms. The van der Waals surface area contributed by atoms with Gasteiger partial charge in [0.2, 0.25) is 0 Å². The molecule has 0 fully saturated rings. The van der Waals surface area contributed by atoms with Crippen LogP contribution in [0.1, 0.15) is 26.6 Å². The van der Waals surface area contributed by atoms with Crippen LogP contribution in [0.5, 0.6) is 0 Å². The zero-order valence-corrected chi connectivity index (χ0v) is 11.4. The number of nitrogen functional groups attached to an aromatic ring is 1. The molecule has 0 aromatic carbocycles. The van der Waals surface area contributed by atoms with E-state index >= 15 is 0 Å². The number of nitrogens with two attached hydrogens (primary N) is 1. The summed E-state index contributed by atoms with van der Waals surface area (Å²) < 4.78 is 5.32. The van der Waals surface area contributed by atoms with Gasteiger partial charge >= 0.3 is 6.09 Å². The van der Waals surface area contributed by atoms with Crippen LogP contribution < -0.4 is 5.73 Å². The molecule has 0 unspecified atom stereocenters. The van der Waals surface area contributed by atoms with Crippen LogP contribution in [0.15, 0.2) is 18.3 Å². The summed E-state index contributed by atoms with van der Waals surface area (Å²) in [5, 5.41) is 0. The van der Waals surface area contributed by atoms with E-state index in [1.807, 2.05) is 26.8 Å². The highest BCUT2D eigenvalue weighted by molar-refractivity contribution is 5.75. The van der Waals surface area contributed by atoms with Crippen LogP contribution in [0.3, 0.4) is 0 Å². The lowest BCUT2D eigenvalue weighted by Gasteiger charge is -2.24. The second-order valence-electron chi connectivity index (χ2n) is 5.40. The summed E-state index contributed by atoms with van der Waals surface area (Å²) in [5.41, 5.74) is 6.01. The molecular formula is C13H18N4O2. The van der Waals surface area contributed by atoms with Gasteiger partial charge in [-0.2, -0.15) is 0 Å². The minimum atomic E-state index is -0.493. The Labute approximate surface area is 112 Å². The van der Waals surface area contributed by atoms with Gasteiger partial charge in [-0.3, -0.25) is 0 Å². The van der Waals surface area contributed by atoms with Crippen LogP contribution in [-0.2, 0) is 4.74 Å². The third kappa shape index (κ3) is 3.43. The standard InChI is InChI=1S/C13H18N4O2/c1-13(2,3)19-12(18)17-7-5-9(8-17)11-15-6-4-10(14)16-11/h4-6H,7-8H2,1-3H3,(H2,14,15,16). The predicted molar refractivity (Wildman–Crippen MR) is 72.2 cm³/mol. The van der Waals surface area contributed by atoms with Crippen LogP contribution in [-0.4, -0.2) is 39.7 Å². The van der Waals surface area contributed by atoms with Gasteiger partial charge < -0.3 is 15.4 Å². The zero-order chi connectivity index (χ0) is 14.0. The second kappa shape index (κ2) is 4.87. The number of nitrogens with zero attached hydrogens (tertiary/aromatic N) is 3. The van der Waals surface area contributed by atoms with Crippen molar-refractivity contribution in [3.63, 3.8) is 0 Å². The van der Waals surface area contributed by atoms with Gasteiger partial charge in [0, 0.05) is 18.3 Å². The van der Waals surface area contributed by atoms with Crippen molar-refractivity contribution in [3.05, 3.63) is 24.2 Å². The zero-order valence-electron chi connectivity index (χ0n) is 11.4. The van der Waals surface area contributed by atoms with Crippen molar-refractivity contribution in [2.45, 2.75) is 26.4 Å². The lowest BCUT2D eigenvalue weighted by Crippen LogP contribution is -2.35. The monoisotopic (exact) mass is 262 g/mol. The van der Waals surface area contributed by atoms with Crippen molar-refractivity contribution in [1.29, 1.82) is 0 Å². The lowest BCUT2D eigenvalue weighted by atomic mass is 10.2. The maximum atomic E-state index is 11.9. The molecule has 1 aliphatic rings. The highest BCUT2D eigenvalue weighted by Gasteiger charge is 2.26. The molecule has 0 atom stereocenters. The first-order valence-electron chi connectivity index (χ1n) is 6.11. The Kier molecular flexibility index (Phi) is 3.42. The normalized spacial score (nSPS) is 15.3. The highest BCUT2D eigenvalue weighted by Crippen LogP contribution is 2.20. The first-order valence-corrected chi connectivity index (χ1v) is 6.11. The van der Waals surface area contributed by atoms with Gasteiger partial charge in [-0.15, -0.1) is 0 Å². The fourth-order valence-electron chi connectivity index (χ4n) is 1.71. The van der Waals surface area contributed by atoms with Crippen LogP contribution in [0.4, 0.5) is 10.6 Å². The van der Waals surface area contributed by atoms with Gasteiger partial charge in [0.25, 0.3) is 0 Å². The summed E-state index contributed by atoms with van der Waals surface area (Å²) in [6.07, 6.45) is 3.19. The molecule has 1 amide bonds. The Morgan fingerprint density at radius 3 is 2.84 bits per heavy atom. The summed E-state index contributed by atoms with van der Waals surface area (Å²) in [7, 11) is 0. The van der Waals surface area contributed by atoms with Crippen LogP contribution in [0, 0.1) is 0 Å². The highest BCUT2D eigenvalue weighted by atomic mass is 16.6. The van der Waals surface area contributed by atoms with E-state index in [0.717, 1.165) is 5.57 Å². The van der Waals surface area contributed by atoms with Crippen LogP contribution >= 0.6 is 0 Å². The smallest absolute Gasteiger partial charge is 0.410 e. The fourth-order valence-corrected chi connectivity index (χ4v) is 1.71. The number of anilines is 1. The molecule has 102 valence electrons. The molecule has 0 radical (unpaired) electrons. The summed E-state index contributed by atoms with van der Waals surface area (Å²) in [6.45, 7) is 6.48. The third-order valence-electron chi connectivity index (χ3n) is 2.54. The van der Waals surface area contributed by atoms with Crippen molar-refractivity contribution in [1.82, 2.24) is 14.9 Å². The Bertz CT molecular complexity index is 520. The summed E-state index contributed by atoms with van der Waals surface area (Å²) in [6, 6.07) is 1.63. The topological polar surface area (TPSA) is 81.3 Å². The molecule has 2 rings (SSSR count). The first-order chi connectivity index (χ1) is 8.85. The molecule has 2 N–H and O–H groups in total. The lowest BCUT2D eigenvalue weighted by molar-refractivity contribution is 0.0306. The van der Waals surface area contributed by atoms with Crippen molar-refractivity contribution in [2.24, 2.45) is 0 Å². The van der Waals surface area contributed by atoms with E-state index in [2.05, 4.69) is 9.97 Å². The van der Waals surface area contributed by atoms with Gasteiger partial charge in [0.05, 0.1) is 6.54 Å². The molecule has 2 heterocycles. The maximum absolute atomic E-state index is 11.9. The molecule has 1 aliphatic heterocycles. The van der Waals surface area contributed by atoms with Crippen LogP contribution in [0.25, 0.3) is 5.57 Å². The Balaban J connectivity index is 2.01. The Morgan fingerprint density at radius 1 is 1.47 bits per heavy atom. The molecule has 0 saturated carbocycles. The fraction of sp³-hybridized carbons (Fsp3) is 0.462. The molecule has 6 heteroatoms. The van der Waals surface area contributed by atoms with E-state index in [1.54, 1.807) is 17.2 Å². The number of amides is 1. The van der Waals surface area contributed by atoms with Crippen molar-refractivity contribution < 1.29 is 9.53 Å². The molecule has 0 aliphatic carbocycles. The predicted octanol–water partition coefficient (Wildman–Crippen LogP) is 1.69. The van der Waals surface area contributed by atoms with E-state index in [-0.39, 0.29) is 6.09 Å². The van der Waals surface area contributed by atoms with Crippen molar-refractivity contribution in [3.8, 4) is 0 Å². The van der Waals surface area contributed by atoms with E-state index in [1.165, 1.54) is 0 Å². The van der Waals surface area contributed by atoms with E-state index < -0.39 is 5.60 Å². The second-order valence-corrected chi connectivity index (χ2v) is 5.40. The number of rotatable bonds is 1. The van der Waals surface area contributed by atoms with Crippen molar-refractivity contribution >= 4 is 17.5 Å². The third-order valence-corrected chi connectivity index (χ3v) is 2.54. The average Bonchev–Trinajstić information content (AvgIpc) is 2.75. The quantitative estimate of drug-likeness (QED) is 0.833. The molecule has 0 spiro atoms. The van der Waals surface area contributed by atoms with Gasteiger partial charge in [0.1, 0.15) is 11.4 Å². The van der Waals surface area contributed by atoms with Gasteiger partial charge in [0.15, 0.2) is 5.82 Å².